The molecule has 0 atom stereocenters. The molecule has 3 heteroatoms. The van der Waals surface area contributed by atoms with Crippen LogP contribution in [-0.2, 0) is 0 Å². The molecule has 0 unspecified atom stereocenters. The van der Waals surface area contributed by atoms with E-state index in [4.69, 9.17) is 15.0 Å². The van der Waals surface area contributed by atoms with Crippen LogP contribution >= 0.6 is 0 Å². The van der Waals surface area contributed by atoms with Gasteiger partial charge in [-0.25, -0.2) is 15.0 Å². The first-order valence-electron chi connectivity index (χ1n) is 19.7. The monoisotopic (exact) mass is 737 g/mol. The summed E-state index contributed by atoms with van der Waals surface area (Å²) in [6, 6.07) is 75.2. The molecule has 0 amide bonds. The molecule has 0 bridgehead atoms. The maximum atomic E-state index is 5.37. The van der Waals surface area contributed by atoms with E-state index in [-0.39, 0.29) is 0 Å². The molecule has 0 aliphatic heterocycles. The van der Waals surface area contributed by atoms with Crippen molar-refractivity contribution in [3.8, 4) is 67.4 Å². The van der Waals surface area contributed by atoms with Crippen molar-refractivity contribution in [2.45, 2.75) is 0 Å². The minimum Gasteiger partial charge on any atom is -0.247 e. The van der Waals surface area contributed by atoms with Crippen molar-refractivity contribution in [2.24, 2.45) is 0 Å². The van der Waals surface area contributed by atoms with Gasteiger partial charge in [-0.3, -0.25) is 0 Å². The number of nitrogens with zero attached hydrogens (tertiary/aromatic N) is 3. The third-order valence-corrected chi connectivity index (χ3v) is 11.2. The van der Waals surface area contributed by atoms with Crippen molar-refractivity contribution in [2.75, 3.05) is 0 Å². The summed E-state index contributed by atoms with van der Waals surface area (Å²) in [6.07, 6.45) is 0. The summed E-state index contributed by atoms with van der Waals surface area (Å²) in [6.45, 7) is 0. The van der Waals surface area contributed by atoms with Gasteiger partial charge in [0.15, 0.2) is 5.82 Å². The number of hydrogen-bond acceptors (Lipinski definition) is 3. The minimum atomic E-state index is 0.706. The predicted molar refractivity (Wildman–Crippen MR) is 242 cm³/mol. The van der Waals surface area contributed by atoms with Crippen LogP contribution in [0.1, 0.15) is 0 Å². The highest BCUT2D eigenvalue weighted by Gasteiger charge is 2.18. The van der Waals surface area contributed by atoms with E-state index in [9.17, 15) is 0 Å². The van der Waals surface area contributed by atoms with E-state index < -0.39 is 0 Å². The van der Waals surface area contributed by atoms with Crippen molar-refractivity contribution >= 4 is 43.2 Å². The molecule has 11 rings (SSSR count). The van der Waals surface area contributed by atoms with Gasteiger partial charge in [0.2, 0.25) is 0 Å². The Balaban J connectivity index is 1.07. The van der Waals surface area contributed by atoms with E-state index >= 15 is 0 Å². The van der Waals surface area contributed by atoms with E-state index in [0.29, 0.717) is 5.82 Å². The SMILES string of the molecule is c1ccc(-c2cc(-c3cccc(-c4cccc(-c5cc6c(-c7ccc8ccccc8c7)nc7ccccc7c6c6ccccc56)c4)c3)nc(-c3ccccc3)n2)cc1. The summed E-state index contributed by atoms with van der Waals surface area (Å²) >= 11 is 0. The molecule has 2 heterocycles. The molecule has 0 saturated heterocycles. The van der Waals surface area contributed by atoms with Crippen LogP contribution in [0.15, 0.2) is 212 Å². The summed E-state index contributed by atoms with van der Waals surface area (Å²) in [5.41, 5.74) is 12.5. The molecule has 2 aromatic heterocycles. The topological polar surface area (TPSA) is 38.7 Å². The van der Waals surface area contributed by atoms with Crippen LogP contribution in [0.5, 0.6) is 0 Å². The van der Waals surface area contributed by atoms with Crippen LogP contribution in [0, 0.1) is 0 Å². The second-order valence-corrected chi connectivity index (χ2v) is 14.8. The van der Waals surface area contributed by atoms with Crippen LogP contribution in [0.2, 0.25) is 0 Å². The maximum absolute atomic E-state index is 5.37. The van der Waals surface area contributed by atoms with Gasteiger partial charge in [0, 0.05) is 38.4 Å². The van der Waals surface area contributed by atoms with Crippen LogP contribution in [-0.4, -0.2) is 15.0 Å². The largest absolute Gasteiger partial charge is 0.247 e. The lowest BCUT2D eigenvalue weighted by Crippen LogP contribution is -1.96. The molecular formula is C55H35N3. The Morgan fingerprint density at radius 1 is 0.276 bits per heavy atom. The molecule has 3 nitrogen and oxygen atoms in total. The summed E-state index contributed by atoms with van der Waals surface area (Å²) in [5.74, 6) is 0.706. The maximum Gasteiger partial charge on any atom is 0.160 e. The van der Waals surface area contributed by atoms with Gasteiger partial charge in [-0.1, -0.05) is 176 Å². The molecule has 0 aliphatic carbocycles. The van der Waals surface area contributed by atoms with E-state index in [1.54, 1.807) is 0 Å². The van der Waals surface area contributed by atoms with Gasteiger partial charge in [-0.2, -0.15) is 0 Å². The van der Waals surface area contributed by atoms with Crippen LogP contribution in [0.25, 0.3) is 111 Å². The molecule has 11 aromatic rings. The van der Waals surface area contributed by atoms with Crippen molar-refractivity contribution < 1.29 is 0 Å². The molecule has 0 fully saturated rings. The van der Waals surface area contributed by atoms with Gasteiger partial charge >= 0.3 is 0 Å². The lowest BCUT2D eigenvalue weighted by molar-refractivity contribution is 1.18. The zero-order valence-electron chi connectivity index (χ0n) is 31.5. The standard InChI is InChI=1S/C55H35N3/c1-3-16-37(17-4-1)51-35-52(58-55(57-51)38-18-5-2-6-19-38)43-24-14-22-41(32-43)40-21-13-23-42(31-40)48-34-49-53(46-26-10-9-25-45(46)48)47-27-11-12-28-50(47)56-54(49)44-30-29-36-15-7-8-20-39(36)33-44/h1-35H. The number of fused-ring (bicyclic) bond motifs is 6. The second kappa shape index (κ2) is 14.1. The highest BCUT2D eigenvalue weighted by molar-refractivity contribution is 6.25. The van der Waals surface area contributed by atoms with Gasteiger partial charge in [-0.15, -0.1) is 0 Å². The highest BCUT2D eigenvalue weighted by atomic mass is 14.9. The summed E-state index contributed by atoms with van der Waals surface area (Å²) in [5, 5.41) is 8.38. The lowest BCUT2D eigenvalue weighted by atomic mass is 9.89. The Labute approximate surface area is 336 Å². The molecule has 58 heavy (non-hydrogen) atoms. The van der Waals surface area contributed by atoms with E-state index in [0.717, 1.165) is 72.3 Å². The Morgan fingerprint density at radius 2 is 0.845 bits per heavy atom. The first-order chi connectivity index (χ1) is 28.7. The molecule has 9 aromatic carbocycles. The van der Waals surface area contributed by atoms with Crippen LogP contribution in [0.3, 0.4) is 0 Å². The minimum absolute atomic E-state index is 0.706. The van der Waals surface area contributed by atoms with Gasteiger partial charge in [-0.05, 0) is 80.2 Å². The molecule has 0 N–H and O–H groups in total. The van der Waals surface area contributed by atoms with Gasteiger partial charge in [0.25, 0.3) is 0 Å². The number of hydrogen-bond donors (Lipinski definition) is 0. The zero-order valence-corrected chi connectivity index (χ0v) is 31.5. The predicted octanol–water partition coefficient (Wildman–Crippen LogP) is 14.5. The smallest absolute Gasteiger partial charge is 0.160 e. The third kappa shape index (κ3) is 5.98. The Hall–Kier alpha value is -7.75. The zero-order chi connectivity index (χ0) is 38.4. The average Bonchev–Trinajstić information content (AvgIpc) is 3.31. The Bertz CT molecular complexity index is 3280. The van der Waals surface area contributed by atoms with E-state index in [1.807, 2.05) is 24.3 Å². The van der Waals surface area contributed by atoms with Crippen LogP contribution in [0.4, 0.5) is 0 Å². The van der Waals surface area contributed by atoms with Gasteiger partial charge < -0.3 is 0 Å². The summed E-state index contributed by atoms with van der Waals surface area (Å²) in [7, 11) is 0. The number of rotatable bonds is 6. The molecule has 0 aliphatic rings. The van der Waals surface area contributed by atoms with Crippen molar-refractivity contribution in [1.82, 2.24) is 15.0 Å². The summed E-state index contributed by atoms with van der Waals surface area (Å²) in [4.78, 5) is 15.5. The van der Waals surface area contributed by atoms with Gasteiger partial charge in [0.05, 0.1) is 22.6 Å². The average molecular weight is 738 g/mol. The fourth-order valence-electron chi connectivity index (χ4n) is 8.40. The number of pyridine rings is 1. The Kier molecular flexibility index (Phi) is 8.15. The fraction of sp³-hybridized carbons (Fsp3) is 0. The molecule has 270 valence electrons. The van der Waals surface area contributed by atoms with Crippen molar-refractivity contribution in [3.05, 3.63) is 212 Å². The Morgan fingerprint density at radius 3 is 1.62 bits per heavy atom. The number of para-hydroxylation sites is 1. The second-order valence-electron chi connectivity index (χ2n) is 14.8. The molecule has 0 radical (unpaired) electrons. The third-order valence-electron chi connectivity index (χ3n) is 11.2. The first kappa shape index (κ1) is 33.6. The van der Waals surface area contributed by atoms with E-state index in [1.165, 1.54) is 32.5 Å². The fourth-order valence-corrected chi connectivity index (χ4v) is 8.40. The molecular weight excluding hydrogens is 703 g/mol. The first-order valence-corrected chi connectivity index (χ1v) is 19.7. The van der Waals surface area contributed by atoms with E-state index in [2.05, 4.69) is 188 Å². The lowest BCUT2D eigenvalue weighted by Gasteiger charge is -2.17. The normalized spacial score (nSPS) is 11.4. The van der Waals surface area contributed by atoms with Crippen LogP contribution < -0.4 is 0 Å². The van der Waals surface area contributed by atoms with Crippen molar-refractivity contribution in [3.63, 3.8) is 0 Å². The summed E-state index contributed by atoms with van der Waals surface area (Å²) < 4.78 is 0. The molecule has 0 saturated carbocycles. The molecule has 0 spiro atoms. The number of benzene rings is 9. The number of aromatic nitrogens is 3. The van der Waals surface area contributed by atoms with Crippen molar-refractivity contribution in [1.29, 1.82) is 0 Å². The highest BCUT2D eigenvalue weighted by Crippen LogP contribution is 2.43. The van der Waals surface area contributed by atoms with Gasteiger partial charge in [0.1, 0.15) is 0 Å². The quantitative estimate of drug-likeness (QED) is 0.160.